The van der Waals surface area contributed by atoms with Crippen LogP contribution in [0.15, 0.2) is 42.6 Å². The Kier molecular flexibility index (Phi) is 3.27. The van der Waals surface area contributed by atoms with Gasteiger partial charge < -0.3 is 4.90 Å². The van der Waals surface area contributed by atoms with Gasteiger partial charge in [0.05, 0.1) is 16.3 Å². The largest absolute Gasteiger partial charge is 0.328 e. The SMILES string of the molecule is CN(c1ccc(Cl)cn1)c1ccccc1C#N. The van der Waals surface area contributed by atoms with Crippen LogP contribution in [0.25, 0.3) is 0 Å². The van der Waals surface area contributed by atoms with Crippen LogP contribution in [0.2, 0.25) is 5.02 Å². The maximum atomic E-state index is 9.04. The van der Waals surface area contributed by atoms with Gasteiger partial charge in [-0.3, -0.25) is 0 Å². The Hall–Kier alpha value is -2.05. The zero-order valence-electron chi connectivity index (χ0n) is 9.26. The zero-order valence-corrected chi connectivity index (χ0v) is 10.0. The molecule has 0 fully saturated rings. The number of hydrogen-bond acceptors (Lipinski definition) is 3. The third-order valence-corrected chi connectivity index (χ3v) is 2.66. The minimum atomic E-state index is 0.593. The van der Waals surface area contributed by atoms with Crippen molar-refractivity contribution >= 4 is 23.1 Å². The van der Waals surface area contributed by atoms with Crippen molar-refractivity contribution in [2.45, 2.75) is 0 Å². The molecule has 0 bridgehead atoms. The average molecular weight is 244 g/mol. The summed E-state index contributed by atoms with van der Waals surface area (Å²) in [5.74, 6) is 0.747. The van der Waals surface area contributed by atoms with E-state index in [0.29, 0.717) is 10.6 Å². The van der Waals surface area contributed by atoms with E-state index in [4.69, 9.17) is 16.9 Å². The fourth-order valence-electron chi connectivity index (χ4n) is 1.55. The van der Waals surface area contributed by atoms with Crippen molar-refractivity contribution in [2.24, 2.45) is 0 Å². The van der Waals surface area contributed by atoms with Gasteiger partial charge in [-0.05, 0) is 24.3 Å². The van der Waals surface area contributed by atoms with Crippen LogP contribution in [0, 0.1) is 11.3 Å². The number of hydrogen-bond donors (Lipinski definition) is 0. The molecule has 0 spiro atoms. The molecule has 0 amide bonds. The topological polar surface area (TPSA) is 39.9 Å². The third-order valence-electron chi connectivity index (χ3n) is 2.44. The molecule has 1 aromatic heterocycles. The summed E-state index contributed by atoms with van der Waals surface area (Å²) < 4.78 is 0. The number of anilines is 2. The summed E-state index contributed by atoms with van der Waals surface area (Å²) in [6.45, 7) is 0. The van der Waals surface area contributed by atoms with Crippen molar-refractivity contribution in [1.29, 1.82) is 5.26 Å². The van der Waals surface area contributed by atoms with E-state index in [9.17, 15) is 0 Å². The Morgan fingerprint density at radius 1 is 1.24 bits per heavy atom. The van der Waals surface area contributed by atoms with Gasteiger partial charge in [-0.15, -0.1) is 0 Å². The van der Waals surface area contributed by atoms with Crippen molar-refractivity contribution in [1.82, 2.24) is 4.98 Å². The summed E-state index contributed by atoms with van der Waals surface area (Å²) in [6, 6.07) is 13.1. The van der Waals surface area contributed by atoms with Gasteiger partial charge in [0.25, 0.3) is 0 Å². The first-order valence-corrected chi connectivity index (χ1v) is 5.44. The molecule has 1 heterocycles. The molecule has 0 N–H and O–H groups in total. The Morgan fingerprint density at radius 2 is 2.00 bits per heavy atom. The third kappa shape index (κ3) is 2.38. The molecule has 17 heavy (non-hydrogen) atoms. The highest BCUT2D eigenvalue weighted by molar-refractivity contribution is 6.30. The summed E-state index contributed by atoms with van der Waals surface area (Å²) in [5, 5.41) is 9.63. The molecule has 0 aliphatic heterocycles. The molecule has 0 aliphatic carbocycles. The van der Waals surface area contributed by atoms with Crippen molar-refractivity contribution in [3.63, 3.8) is 0 Å². The van der Waals surface area contributed by atoms with Crippen molar-refractivity contribution in [3.8, 4) is 6.07 Å². The minimum absolute atomic E-state index is 0.593. The Bertz CT molecular complexity index is 558. The van der Waals surface area contributed by atoms with Crippen LogP contribution >= 0.6 is 11.6 Å². The minimum Gasteiger partial charge on any atom is -0.328 e. The van der Waals surface area contributed by atoms with Crippen LogP contribution in [0.5, 0.6) is 0 Å². The van der Waals surface area contributed by atoms with E-state index in [1.165, 1.54) is 0 Å². The van der Waals surface area contributed by atoms with Crippen LogP contribution in [-0.2, 0) is 0 Å². The van der Waals surface area contributed by atoms with Gasteiger partial charge >= 0.3 is 0 Å². The first-order chi connectivity index (χ1) is 8.22. The van der Waals surface area contributed by atoms with Gasteiger partial charge in [0.2, 0.25) is 0 Å². The number of aromatic nitrogens is 1. The second kappa shape index (κ2) is 4.86. The molecular weight excluding hydrogens is 234 g/mol. The number of benzene rings is 1. The van der Waals surface area contributed by atoms with Crippen LogP contribution in [0.1, 0.15) is 5.56 Å². The maximum absolute atomic E-state index is 9.04. The molecule has 1 aromatic carbocycles. The molecule has 0 aliphatic rings. The van der Waals surface area contributed by atoms with E-state index in [-0.39, 0.29) is 0 Å². The Labute approximate surface area is 105 Å². The van der Waals surface area contributed by atoms with Gasteiger partial charge in [-0.1, -0.05) is 23.7 Å². The first-order valence-electron chi connectivity index (χ1n) is 5.07. The van der Waals surface area contributed by atoms with Gasteiger partial charge in [-0.2, -0.15) is 5.26 Å². The number of pyridine rings is 1. The fourth-order valence-corrected chi connectivity index (χ4v) is 1.66. The number of rotatable bonds is 2. The van der Waals surface area contributed by atoms with E-state index < -0.39 is 0 Å². The highest BCUT2D eigenvalue weighted by Crippen LogP contribution is 2.25. The van der Waals surface area contributed by atoms with Crippen molar-refractivity contribution in [3.05, 3.63) is 53.2 Å². The molecule has 0 atom stereocenters. The molecule has 4 heteroatoms. The lowest BCUT2D eigenvalue weighted by Crippen LogP contribution is -2.12. The van der Waals surface area contributed by atoms with Gasteiger partial charge in [0.1, 0.15) is 11.9 Å². The second-order valence-corrected chi connectivity index (χ2v) is 3.96. The summed E-state index contributed by atoms with van der Waals surface area (Å²) in [5.41, 5.74) is 1.44. The van der Waals surface area contributed by atoms with Gasteiger partial charge in [-0.25, -0.2) is 4.98 Å². The monoisotopic (exact) mass is 243 g/mol. The van der Waals surface area contributed by atoms with Crippen LogP contribution in [0.4, 0.5) is 11.5 Å². The van der Waals surface area contributed by atoms with Gasteiger partial charge in [0.15, 0.2) is 0 Å². The summed E-state index contributed by atoms with van der Waals surface area (Å²) >= 11 is 5.79. The molecule has 0 saturated carbocycles. The highest BCUT2D eigenvalue weighted by atomic mass is 35.5. The smallest absolute Gasteiger partial charge is 0.132 e. The second-order valence-electron chi connectivity index (χ2n) is 3.52. The lowest BCUT2D eigenvalue weighted by atomic mass is 10.2. The van der Waals surface area contributed by atoms with E-state index in [0.717, 1.165) is 11.5 Å². The number of nitriles is 1. The van der Waals surface area contributed by atoms with Crippen LogP contribution in [0.3, 0.4) is 0 Å². The summed E-state index contributed by atoms with van der Waals surface area (Å²) in [7, 11) is 1.87. The summed E-state index contributed by atoms with van der Waals surface area (Å²) in [6.07, 6.45) is 1.59. The first kappa shape index (κ1) is 11.4. The van der Waals surface area contributed by atoms with E-state index in [1.807, 2.05) is 36.2 Å². The van der Waals surface area contributed by atoms with E-state index >= 15 is 0 Å². The molecule has 0 unspecified atom stereocenters. The molecule has 2 rings (SSSR count). The molecule has 2 aromatic rings. The molecular formula is C13H10ClN3. The molecule has 0 radical (unpaired) electrons. The lowest BCUT2D eigenvalue weighted by molar-refractivity contribution is 1.12. The predicted octanol–water partition coefficient (Wildman–Crippen LogP) is 3.37. The summed E-state index contributed by atoms with van der Waals surface area (Å²) in [4.78, 5) is 6.07. The van der Waals surface area contributed by atoms with Crippen LogP contribution < -0.4 is 4.90 Å². The van der Waals surface area contributed by atoms with Crippen molar-refractivity contribution < 1.29 is 0 Å². The van der Waals surface area contributed by atoms with E-state index in [2.05, 4.69) is 11.1 Å². The molecule has 0 saturated heterocycles. The van der Waals surface area contributed by atoms with E-state index in [1.54, 1.807) is 18.3 Å². The zero-order chi connectivity index (χ0) is 12.3. The Balaban J connectivity index is 2.40. The predicted molar refractivity (Wildman–Crippen MR) is 68.5 cm³/mol. The van der Waals surface area contributed by atoms with Crippen molar-refractivity contribution in [2.75, 3.05) is 11.9 Å². The number of halogens is 1. The Morgan fingerprint density at radius 3 is 2.65 bits per heavy atom. The normalized spacial score (nSPS) is 9.71. The maximum Gasteiger partial charge on any atom is 0.132 e. The number of para-hydroxylation sites is 1. The quantitative estimate of drug-likeness (QED) is 0.812. The van der Waals surface area contributed by atoms with Gasteiger partial charge in [0, 0.05) is 13.2 Å². The lowest BCUT2D eigenvalue weighted by Gasteiger charge is -2.19. The standard InChI is InChI=1S/C13H10ClN3/c1-17(13-7-6-11(14)9-16-13)12-5-3-2-4-10(12)8-15/h2-7,9H,1H3. The fraction of sp³-hybridized carbons (Fsp3) is 0.0769. The average Bonchev–Trinajstić information content (AvgIpc) is 2.39. The number of nitrogens with zero attached hydrogens (tertiary/aromatic N) is 3. The molecule has 84 valence electrons. The van der Waals surface area contributed by atoms with Crippen LogP contribution in [-0.4, -0.2) is 12.0 Å². The molecule has 3 nitrogen and oxygen atoms in total. The highest BCUT2D eigenvalue weighted by Gasteiger charge is 2.09.